The van der Waals surface area contributed by atoms with E-state index in [4.69, 9.17) is 11.3 Å². The van der Waals surface area contributed by atoms with Crippen molar-refractivity contribution in [2.24, 2.45) is 5.73 Å². The first-order chi connectivity index (χ1) is 6.56. The SMILES string of the molecule is [N-]=[N+]=CC(=O)NCC(=O)NCC(N)=O. The van der Waals surface area contributed by atoms with Crippen LogP contribution in [-0.2, 0) is 14.4 Å². The molecule has 0 aliphatic heterocycles. The van der Waals surface area contributed by atoms with Crippen LogP contribution in [0.2, 0.25) is 0 Å². The molecule has 8 nitrogen and oxygen atoms in total. The van der Waals surface area contributed by atoms with E-state index in [0.29, 0.717) is 6.21 Å². The molecule has 8 heteroatoms. The molecule has 0 atom stereocenters. The van der Waals surface area contributed by atoms with E-state index in [9.17, 15) is 14.4 Å². The molecule has 14 heavy (non-hydrogen) atoms. The number of hydrogen-bond acceptors (Lipinski definition) is 3. The summed E-state index contributed by atoms with van der Waals surface area (Å²) in [5.74, 6) is -1.97. The van der Waals surface area contributed by atoms with E-state index in [1.165, 1.54) is 0 Å². The lowest BCUT2D eigenvalue weighted by atomic mass is 10.5. The summed E-state index contributed by atoms with van der Waals surface area (Å²) in [6.45, 7) is -0.610. The standard InChI is InChI=1S/C6H9N5O3/c7-4(12)1-9-5(13)2-10-6(14)3-11-8/h3H,1-2H2,(H2,7,12)(H,9,13)(H,10,14). The second-order valence-electron chi connectivity index (χ2n) is 2.21. The highest BCUT2D eigenvalue weighted by molar-refractivity contribution is 6.24. The summed E-state index contributed by atoms with van der Waals surface area (Å²) in [6.07, 6.45) is 0.599. The van der Waals surface area contributed by atoms with Crippen LogP contribution in [0.1, 0.15) is 0 Å². The van der Waals surface area contributed by atoms with Gasteiger partial charge in [-0.1, -0.05) is 0 Å². The number of nitrogens with one attached hydrogen (secondary N) is 2. The predicted molar refractivity (Wildman–Crippen MR) is 44.9 cm³/mol. The minimum Gasteiger partial charge on any atom is -0.368 e. The van der Waals surface area contributed by atoms with Gasteiger partial charge in [-0.15, -0.1) is 0 Å². The predicted octanol–water partition coefficient (Wildman–Crippen LogP) is -3.00. The van der Waals surface area contributed by atoms with E-state index in [0.717, 1.165) is 0 Å². The number of primary amides is 1. The van der Waals surface area contributed by atoms with Crippen molar-refractivity contribution in [1.29, 1.82) is 0 Å². The molecule has 0 bridgehead atoms. The maximum atomic E-state index is 10.8. The van der Waals surface area contributed by atoms with Crippen molar-refractivity contribution in [3.05, 3.63) is 5.53 Å². The number of amides is 3. The van der Waals surface area contributed by atoms with Crippen molar-refractivity contribution in [3.8, 4) is 0 Å². The summed E-state index contributed by atoms with van der Waals surface area (Å²) in [7, 11) is 0. The number of hydrogen-bond donors (Lipinski definition) is 3. The van der Waals surface area contributed by atoms with Gasteiger partial charge in [-0.25, -0.2) is 0 Å². The number of nitrogens with zero attached hydrogens (tertiary/aromatic N) is 2. The lowest BCUT2D eigenvalue weighted by Crippen LogP contribution is -2.40. The number of rotatable bonds is 5. The number of carbonyl (C=O) groups is 3. The molecule has 0 spiro atoms. The largest absolute Gasteiger partial charge is 0.368 e. The molecule has 0 aliphatic rings. The lowest BCUT2D eigenvalue weighted by Gasteiger charge is -2.01. The summed E-state index contributed by atoms with van der Waals surface area (Å²) in [5.41, 5.74) is 12.7. The molecule has 0 fully saturated rings. The van der Waals surface area contributed by atoms with Crippen LogP contribution >= 0.6 is 0 Å². The van der Waals surface area contributed by atoms with Crippen molar-refractivity contribution >= 4 is 23.9 Å². The second-order valence-corrected chi connectivity index (χ2v) is 2.21. The summed E-state index contributed by atoms with van der Waals surface area (Å²) >= 11 is 0. The van der Waals surface area contributed by atoms with Crippen LogP contribution in [-0.4, -0.2) is 41.8 Å². The third-order valence-electron chi connectivity index (χ3n) is 1.06. The van der Waals surface area contributed by atoms with Crippen molar-refractivity contribution in [1.82, 2.24) is 10.6 Å². The van der Waals surface area contributed by atoms with Crippen LogP contribution in [0.5, 0.6) is 0 Å². The van der Waals surface area contributed by atoms with E-state index in [-0.39, 0.29) is 13.1 Å². The minimum absolute atomic E-state index is 0.289. The summed E-state index contributed by atoms with van der Waals surface area (Å²) < 4.78 is 0. The van der Waals surface area contributed by atoms with Gasteiger partial charge in [0.1, 0.15) is 0 Å². The van der Waals surface area contributed by atoms with Gasteiger partial charge in [-0.05, 0) is 0 Å². The Kier molecular flexibility index (Phi) is 5.32. The Balaban J connectivity index is 3.69. The highest BCUT2D eigenvalue weighted by atomic mass is 16.2. The maximum absolute atomic E-state index is 10.8. The zero-order valence-corrected chi connectivity index (χ0v) is 7.19. The van der Waals surface area contributed by atoms with Gasteiger partial charge in [0.2, 0.25) is 11.8 Å². The van der Waals surface area contributed by atoms with Gasteiger partial charge >= 0.3 is 12.1 Å². The topological polar surface area (TPSA) is 138 Å². The Morgan fingerprint density at radius 2 is 1.93 bits per heavy atom. The van der Waals surface area contributed by atoms with E-state index < -0.39 is 17.7 Å². The fourth-order valence-electron chi connectivity index (χ4n) is 0.514. The van der Waals surface area contributed by atoms with Gasteiger partial charge in [0.05, 0.1) is 13.1 Å². The van der Waals surface area contributed by atoms with Crippen molar-refractivity contribution in [2.75, 3.05) is 13.1 Å². The first kappa shape index (κ1) is 11.8. The van der Waals surface area contributed by atoms with Gasteiger partial charge in [-0.2, -0.15) is 4.79 Å². The van der Waals surface area contributed by atoms with Crippen LogP contribution in [0.3, 0.4) is 0 Å². The van der Waals surface area contributed by atoms with E-state index in [1.54, 1.807) is 0 Å². The molecule has 0 heterocycles. The van der Waals surface area contributed by atoms with Crippen molar-refractivity contribution < 1.29 is 19.2 Å². The normalized spacial score (nSPS) is 8.29. The third kappa shape index (κ3) is 6.50. The Bertz CT molecular complexity index is 294. The number of carbonyl (C=O) groups excluding carboxylic acids is 3. The summed E-state index contributed by atoms with van der Waals surface area (Å²) in [4.78, 5) is 34.1. The average molecular weight is 199 g/mol. The van der Waals surface area contributed by atoms with Crippen LogP contribution in [0.4, 0.5) is 0 Å². The summed E-state index contributed by atoms with van der Waals surface area (Å²) in [5, 5.41) is 4.24. The molecular weight excluding hydrogens is 190 g/mol. The van der Waals surface area contributed by atoms with E-state index in [1.807, 2.05) is 0 Å². The van der Waals surface area contributed by atoms with Gasteiger partial charge in [0.15, 0.2) is 0 Å². The molecule has 4 N–H and O–H groups in total. The monoisotopic (exact) mass is 199 g/mol. The quantitative estimate of drug-likeness (QED) is 0.247. The highest BCUT2D eigenvalue weighted by Crippen LogP contribution is 1.64. The zero-order valence-electron chi connectivity index (χ0n) is 7.19. The Labute approximate surface area is 79.1 Å². The fourth-order valence-corrected chi connectivity index (χ4v) is 0.514. The Morgan fingerprint density at radius 3 is 2.43 bits per heavy atom. The average Bonchev–Trinajstić information content (AvgIpc) is 2.12. The molecule has 0 radical (unpaired) electrons. The molecule has 0 saturated heterocycles. The Morgan fingerprint density at radius 1 is 1.29 bits per heavy atom. The zero-order chi connectivity index (χ0) is 11.0. The van der Waals surface area contributed by atoms with Gasteiger partial charge in [-0.3, -0.25) is 14.4 Å². The summed E-state index contributed by atoms with van der Waals surface area (Å²) in [6, 6.07) is 0. The molecule has 0 rings (SSSR count). The van der Waals surface area contributed by atoms with Gasteiger partial charge in [0, 0.05) is 0 Å². The molecule has 0 aliphatic carbocycles. The fraction of sp³-hybridized carbons (Fsp3) is 0.333. The van der Waals surface area contributed by atoms with Crippen LogP contribution in [0.25, 0.3) is 5.53 Å². The highest BCUT2D eigenvalue weighted by Gasteiger charge is 2.05. The third-order valence-corrected chi connectivity index (χ3v) is 1.06. The van der Waals surface area contributed by atoms with Gasteiger partial charge in [0.25, 0.3) is 0 Å². The molecule has 3 amide bonds. The molecule has 0 saturated carbocycles. The first-order valence-electron chi connectivity index (χ1n) is 3.56. The molecule has 0 aromatic rings. The first-order valence-corrected chi connectivity index (χ1v) is 3.56. The van der Waals surface area contributed by atoms with Crippen molar-refractivity contribution in [3.63, 3.8) is 0 Å². The molecular formula is C6H9N5O3. The second kappa shape index (κ2) is 6.32. The molecule has 0 unspecified atom stereocenters. The minimum atomic E-state index is -0.721. The van der Waals surface area contributed by atoms with Gasteiger partial charge < -0.3 is 21.9 Å². The smallest absolute Gasteiger partial charge is 0.344 e. The van der Waals surface area contributed by atoms with E-state index in [2.05, 4.69) is 15.4 Å². The van der Waals surface area contributed by atoms with Crippen LogP contribution in [0, 0.1) is 0 Å². The number of nitrogens with two attached hydrogens (primary N) is 1. The van der Waals surface area contributed by atoms with Crippen LogP contribution in [0.15, 0.2) is 0 Å². The lowest BCUT2D eigenvalue weighted by molar-refractivity contribution is -0.126. The van der Waals surface area contributed by atoms with E-state index >= 15 is 0 Å². The van der Waals surface area contributed by atoms with Crippen LogP contribution < -0.4 is 16.4 Å². The molecule has 76 valence electrons. The molecule has 0 aromatic carbocycles. The Hall–Kier alpha value is -2.21. The molecule has 0 aromatic heterocycles. The van der Waals surface area contributed by atoms with Crippen molar-refractivity contribution in [2.45, 2.75) is 0 Å². The maximum Gasteiger partial charge on any atom is 0.344 e.